The maximum atomic E-state index is 13.8. The summed E-state index contributed by atoms with van der Waals surface area (Å²) in [6.45, 7) is 0.307. The molecule has 2 N–H and O–H groups in total. The molecule has 5 nitrogen and oxygen atoms in total. The van der Waals surface area contributed by atoms with Crippen molar-refractivity contribution in [3.05, 3.63) is 29.8 Å². The van der Waals surface area contributed by atoms with Crippen LogP contribution in [0.5, 0.6) is 0 Å². The van der Waals surface area contributed by atoms with Gasteiger partial charge in [-0.15, -0.1) is 0 Å². The molecule has 1 saturated heterocycles. The number of methoxy groups -OCH3 is 1. The molecule has 0 saturated carbocycles. The summed E-state index contributed by atoms with van der Waals surface area (Å²) in [6, 6.07) is 1.97. The van der Waals surface area contributed by atoms with E-state index in [9.17, 15) is 17.2 Å². The van der Waals surface area contributed by atoms with E-state index in [1.54, 1.807) is 7.11 Å². The van der Waals surface area contributed by atoms with Gasteiger partial charge < -0.3 is 10.5 Å². The number of ether oxygens (including phenoxy) is 1. The number of halogens is 2. The molecular weight excluding hydrogens is 302 g/mol. The number of nitrogens with two attached hydrogens (primary N) is 1. The van der Waals surface area contributed by atoms with Crippen LogP contribution in [-0.2, 0) is 14.8 Å². The van der Waals surface area contributed by atoms with Crippen LogP contribution in [0.3, 0.4) is 0 Å². The summed E-state index contributed by atoms with van der Waals surface area (Å²) in [4.78, 5) is -0.529. The number of sulfonamides is 1. The SMILES string of the molecule is COC1CCN(S(=O)(=O)c2ccc(F)cc2F)C(CN)C1. The summed E-state index contributed by atoms with van der Waals surface area (Å²) in [5, 5.41) is 0. The van der Waals surface area contributed by atoms with Crippen LogP contribution in [0, 0.1) is 11.6 Å². The fourth-order valence-corrected chi connectivity index (χ4v) is 4.26. The third kappa shape index (κ3) is 3.23. The Balaban J connectivity index is 2.34. The molecule has 1 heterocycles. The molecule has 1 aromatic carbocycles. The lowest BCUT2D eigenvalue weighted by Gasteiger charge is -2.37. The fraction of sp³-hybridized carbons (Fsp3) is 0.538. The van der Waals surface area contributed by atoms with Gasteiger partial charge in [-0.1, -0.05) is 0 Å². The Morgan fingerprint density at radius 3 is 2.71 bits per heavy atom. The van der Waals surface area contributed by atoms with E-state index in [1.807, 2.05) is 0 Å². The molecule has 1 aromatic rings. The molecule has 0 radical (unpaired) electrons. The van der Waals surface area contributed by atoms with E-state index in [0.717, 1.165) is 12.1 Å². The zero-order valence-corrected chi connectivity index (χ0v) is 12.4. The number of rotatable bonds is 4. The predicted octanol–water partition coefficient (Wildman–Crippen LogP) is 1.09. The van der Waals surface area contributed by atoms with Crippen LogP contribution in [0.2, 0.25) is 0 Å². The van der Waals surface area contributed by atoms with Gasteiger partial charge in [-0.05, 0) is 25.0 Å². The zero-order chi connectivity index (χ0) is 15.6. The summed E-state index contributed by atoms with van der Waals surface area (Å²) >= 11 is 0. The second-order valence-corrected chi connectivity index (χ2v) is 6.82. The van der Waals surface area contributed by atoms with Gasteiger partial charge in [0.05, 0.1) is 6.10 Å². The number of benzene rings is 1. The van der Waals surface area contributed by atoms with Gasteiger partial charge in [0.25, 0.3) is 0 Å². The van der Waals surface area contributed by atoms with Crippen LogP contribution >= 0.6 is 0 Å². The minimum atomic E-state index is -4.05. The number of hydrogen-bond donors (Lipinski definition) is 1. The highest BCUT2D eigenvalue weighted by molar-refractivity contribution is 7.89. The minimum absolute atomic E-state index is 0.0666. The molecule has 0 bridgehead atoms. The Morgan fingerprint density at radius 1 is 1.43 bits per heavy atom. The highest BCUT2D eigenvalue weighted by atomic mass is 32.2. The molecule has 1 aliphatic rings. The van der Waals surface area contributed by atoms with E-state index in [4.69, 9.17) is 10.5 Å². The summed E-state index contributed by atoms with van der Waals surface area (Å²) in [5.74, 6) is -1.92. The van der Waals surface area contributed by atoms with Gasteiger partial charge >= 0.3 is 0 Å². The summed E-state index contributed by atoms with van der Waals surface area (Å²) in [7, 11) is -2.49. The topological polar surface area (TPSA) is 72.6 Å². The lowest BCUT2D eigenvalue weighted by Crippen LogP contribution is -2.51. The molecular formula is C13H18F2N2O3S. The first-order chi connectivity index (χ1) is 9.90. The highest BCUT2D eigenvalue weighted by Crippen LogP contribution is 2.27. The molecule has 0 aliphatic carbocycles. The molecule has 0 aromatic heterocycles. The monoisotopic (exact) mass is 320 g/mol. The van der Waals surface area contributed by atoms with Gasteiger partial charge in [0, 0.05) is 32.3 Å². The van der Waals surface area contributed by atoms with E-state index in [1.165, 1.54) is 4.31 Å². The summed E-state index contributed by atoms with van der Waals surface area (Å²) in [6.07, 6.45) is 0.896. The number of piperidine rings is 1. The maximum absolute atomic E-state index is 13.8. The molecule has 2 unspecified atom stereocenters. The smallest absolute Gasteiger partial charge is 0.246 e. The van der Waals surface area contributed by atoms with Crippen molar-refractivity contribution in [2.24, 2.45) is 5.73 Å². The van der Waals surface area contributed by atoms with Gasteiger partial charge in [0.15, 0.2) is 0 Å². The lowest BCUT2D eigenvalue weighted by molar-refractivity contribution is 0.0401. The Morgan fingerprint density at radius 2 is 2.14 bits per heavy atom. The third-order valence-corrected chi connectivity index (χ3v) is 5.68. The van der Waals surface area contributed by atoms with Crippen molar-refractivity contribution in [1.29, 1.82) is 0 Å². The van der Waals surface area contributed by atoms with Crippen molar-refractivity contribution in [1.82, 2.24) is 4.31 Å². The highest BCUT2D eigenvalue weighted by Gasteiger charge is 2.37. The van der Waals surface area contributed by atoms with Gasteiger partial charge in [-0.2, -0.15) is 4.31 Å². The standard InChI is InChI=1S/C13H18F2N2O3S/c1-20-11-4-5-17(10(7-11)8-16)21(18,19)13-3-2-9(14)6-12(13)15/h2-3,6,10-11H,4-5,7-8,16H2,1H3. The van der Waals surface area contributed by atoms with E-state index >= 15 is 0 Å². The number of hydrogen-bond acceptors (Lipinski definition) is 4. The third-order valence-electron chi connectivity index (χ3n) is 3.70. The largest absolute Gasteiger partial charge is 0.381 e. The van der Waals surface area contributed by atoms with Crippen molar-refractivity contribution in [2.75, 3.05) is 20.2 Å². The summed E-state index contributed by atoms with van der Waals surface area (Å²) in [5.41, 5.74) is 5.63. The molecule has 1 fully saturated rings. The molecule has 2 atom stereocenters. The molecule has 21 heavy (non-hydrogen) atoms. The normalized spacial score (nSPS) is 24.2. The van der Waals surface area contributed by atoms with Crippen LogP contribution in [0.4, 0.5) is 8.78 Å². The van der Waals surface area contributed by atoms with Crippen molar-refractivity contribution < 1.29 is 21.9 Å². The first-order valence-electron chi connectivity index (χ1n) is 6.60. The van der Waals surface area contributed by atoms with Crippen molar-refractivity contribution in [3.63, 3.8) is 0 Å². The molecule has 0 spiro atoms. The Kier molecular flexibility index (Phi) is 4.92. The zero-order valence-electron chi connectivity index (χ0n) is 11.6. The first kappa shape index (κ1) is 16.3. The Hall–Kier alpha value is -1.09. The van der Waals surface area contributed by atoms with Crippen LogP contribution in [0.25, 0.3) is 0 Å². The quantitative estimate of drug-likeness (QED) is 0.901. The summed E-state index contributed by atoms with van der Waals surface area (Å²) < 4.78 is 58.2. The second kappa shape index (κ2) is 6.35. The molecule has 0 amide bonds. The number of nitrogens with zero attached hydrogens (tertiary/aromatic N) is 1. The lowest BCUT2D eigenvalue weighted by atomic mass is 10.0. The Labute approximate surface area is 122 Å². The minimum Gasteiger partial charge on any atom is -0.381 e. The van der Waals surface area contributed by atoms with Gasteiger partial charge in [0.1, 0.15) is 16.5 Å². The molecule has 118 valence electrons. The van der Waals surface area contributed by atoms with Crippen molar-refractivity contribution in [3.8, 4) is 0 Å². The van der Waals surface area contributed by atoms with Crippen molar-refractivity contribution in [2.45, 2.75) is 29.9 Å². The van der Waals surface area contributed by atoms with E-state index in [-0.39, 0.29) is 19.2 Å². The van der Waals surface area contributed by atoms with Gasteiger partial charge in [0.2, 0.25) is 10.0 Å². The molecule has 8 heteroatoms. The van der Waals surface area contributed by atoms with Crippen LogP contribution < -0.4 is 5.73 Å². The van der Waals surface area contributed by atoms with Crippen LogP contribution in [-0.4, -0.2) is 45.1 Å². The predicted molar refractivity (Wildman–Crippen MR) is 73.1 cm³/mol. The van der Waals surface area contributed by atoms with E-state index in [2.05, 4.69) is 0 Å². The maximum Gasteiger partial charge on any atom is 0.246 e. The van der Waals surface area contributed by atoms with Gasteiger partial charge in [-0.3, -0.25) is 0 Å². The molecule has 2 rings (SSSR count). The van der Waals surface area contributed by atoms with Crippen LogP contribution in [0.15, 0.2) is 23.1 Å². The van der Waals surface area contributed by atoms with E-state index in [0.29, 0.717) is 18.9 Å². The van der Waals surface area contributed by atoms with Gasteiger partial charge in [-0.25, -0.2) is 17.2 Å². The second-order valence-electron chi connectivity index (χ2n) is 4.96. The fourth-order valence-electron chi connectivity index (χ4n) is 2.55. The Bertz CT molecular complexity index is 609. The average molecular weight is 320 g/mol. The average Bonchev–Trinajstić information content (AvgIpc) is 2.46. The first-order valence-corrected chi connectivity index (χ1v) is 8.04. The van der Waals surface area contributed by atoms with E-state index < -0.39 is 32.6 Å². The van der Waals surface area contributed by atoms with Crippen molar-refractivity contribution >= 4 is 10.0 Å². The van der Waals surface area contributed by atoms with Crippen LogP contribution in [0.1, 0.15) is 12.8 Å². The molecule has 1 aliphatic heterocycles.